The highest BCUT2D eigenvalue weighted by Crippen LogP contribution is 2.55. The molecule has 1 aliphatic carbocycles. The van der Waals surface area contributed by atoms with E-state index in [4.69, 9.17) is 0 Å². The molecule has 0 saturated heterocycles. The molecule has 2 nitrogen and oxygen atoms in total. The van der Waals surface area contributed by atoms with Crippen LogP contribution in [0, 0.1) is 17.8 Å². The van der Waals surface area contributed by atoms with Gasteiger partial charge in [-0.1, -0.05) is 159 Å². The number of carbonyl (C=O) groups excluding carboxylic acids is 2. The second kappa shape index (κ2) is 11.7. The Labute approximate surface area is 242 Å². The van der Waals surface area contributed by atoms with Crippen molar-refractivity contribution in [2.75, 3.05) is 0 Å². The quantitative estimate of drug-likeness (QED) is 0.196. The molecule has 5 aromatic rings. The highest BCUT2D eigenvalue weighted by Gasteiger charge is 2.49. The van der Waals surface area contributed by atoms with Crippen molar-refractivity contribution in [3.05, 3.63) is 179 Å². The van der Waals surface area contributed by atoms with Crippen molar-refractivity contribution in [1.29, 1.82) is 0 Å². The first-order valence-corrected chi connectivity index (χ1v) is 14.2. The van der Waals surface area contributed by atoms with E-state index >= 15 is 0 Å². The smallest absolute Gasteiger partial charge is 0.170 e. The summed E-state index contributed by atoms with van der Waals surface area (Å²) in [6.07, 6.45) is 0. The maximum absolute atomic E-state index is 14.6. The summed E-state index contributed by atoms with van der Waals surface area (Å²) < 4.78 is 0. The van der Waals surface area contributed by atoms with Gasteiger partial charge in [0.2, 0.25) is 0 Å². The molecule has 0 bridgehead atoms. The molecule has 0 radical (unpaired) electrons. The van der Waals surface area contributed by atoms with Gasteiger partial charge in [0, 0.05) is 23.0 Å². The highest BCUT2D eigenvalue weighted by molar-refractivity contribution is 6.13. The first-order valence-electron chi connectivity index (χ1n) is 14.2. The molecule has 0 unspecified atom stereocenters. The van der Waals surface area contributed by atoms with Gasteiger partial charge in [-0.05, 0) is 33.8 Å². The molecule has 2 heteroatoms. The molecule has 0 aliphatic heterocycles. The Balaban J connectivity index is 1.70. The summed E-state index contributed by atoms with van der Waals surface area (Å²) in [5, 5.41) is 0. The third kappa shape index (κ3) is 5.10. The molecule has 0 N–H and O–H groups in total. The van der Waals surface area contributed by atoms with Gasteiger partial charge in [-0.25, -0.2) is 0 Å². The number of allylic oxidation sites excluding steroid dienone is 2. The Hall–Kier alpha value is -4.82. The molecule has 4 atom stereocenters. The van der Waals surface area contributed by atoms with E-state index in [2.05, 4.69) is 43.3 Å². The lowest BCUT2D eigenvalue weighted by molar-refractivity contribution is 0.0786. The first kappa shape index (κ1) is 26.4. The molecule has 1 aliphatic rings. The van der Waals surface area contributed by atoms with Crippen molar-refractivity contribution in [3.8, 4) is 0 Å². The van der Waals surface area contributed by atoms with E-state index in [1.165, 1.54) is 0 Å². The lowest BCUT2D eigenvalue weighted by Gasteiger charge is -2.44. The Bertz CT molecular complexity index is 1660. The summed E-state index contributed by atoms with van der Waals surface area (Å²) in [5.41, 5.74) is 6.50. The minimum absolute atomic E-state index is 0.0442. The predicted molar refractivity (Wildman–Crippen MR) is 167 cm³/mol. The number of carbonyl (C=O) groups is 2. The number of hydrogen-bond acceptors (Lipinski definition) is 2. The van der Waals surface area contributed by atoms with Crippen molar-refractivity contribution in [2.45, 2.75) is 12.8 Å². The first-order chi connectivity index (χ1) is 20.1. The third-order valence-electron chi connectivity index (χ3n) is 8.39. The monoisotopic (exact) mass is 532 g/mol. The molecule has 0 saturated carbocycles. The molecule has 0 heterocycles. The van der Waals surface area contributed by atoms with Crippen LogP contribution in [-0.4, -0.2) is 11.6 Å². The van der Waals surface area contributed by atoms with E-state index in [0.717, 1.165) is 27.8 Å². The number of ketones is 2. The van der Waals surface area contributed by atoms with E-state index in [1.807, 2.05) is 115 Å². The van der Waals surface area contributed by atoms with Gasteiger partial charge in [0.05, 0.1) is 5.92 Å². The summed E-state index contributed by atoms with van der Waals surface area (Å²) in [4.78, 5) is 29.2. The average Bonchev–Trinajstić information content (AvgIpc) is 3.05. The van der Waals surface area contributed by atoms with Gasteiger partial charge in [0.1, 0.15) is 0 Å². The molecule has 6 rings (SSSR count). The van der Waals surface area contributed by atoms with E-state index in [0.29, 0.717) is 11.1 Å². The fourth-order valence-corrected chi connectivity index (χ4v) is 6.57. The van der Waals surface area contributed by atoms with Crippen LogP contribution < -0.4 is 0 Å². The summed E-state index contributed by atoms with van der Waals surface area (Å²) in [7, 11) is 0. The largest absolute Gasteiger partial charge is 0.294 e. The Morgan fingerprint density at radius 3 is 1.34 bits per heavy atom. The molecule has 41 heavy (non-hydrogen) atoms. The van der Waals surface area contributed by atoms with Gasteiger partial charge in [0.15, 0.2) is 11.6 Å². The van der Waals surface area contributed by atoms with Gasteiger partial charge in [-0.15, -0.1) is 0 Å². The van der Waals surface area contributed by atoms with Crippen LogP contribution in [-0.2, 0) is 0 Å². The average molecular weight is 533 g/mol. The van der Waals surface area contributed by atoms with Crippen molar-refractivity contribution >= 4 is 22.7 Å². The number of hydrogen-bond donors (Lipinski definition) is 0. The summed E-state index contributed by atoms with van der Waals surface area (Å²) in [5.74, 6) is -1.34. The molecular weight excluding hydrogens is 500 g/mol. The fraction of sp³-hybridized carbons (Fsp3) is 0.128. The zero-order valence-electron chi connectivity index (χ0n) is 23.1. The zero-order chi connectivity index (χ0) is 28.2. The molecule has 0 spiro atoms. The Morgan fingerprint density at radius 2 is 0.854 bits per heavy atom. The lowest BCUT2D eigenvalue weighted by atomic mass is 9.57. The number of Topliss-reactive ketones (excluding diaryl/α,β-unsaturated/α-hetero) is 2. The molecule has 5 aromatic carbocycles. The van der Waals surface area contributed by atoms with Crippen LogP contribution in [0.2, 0.25) is 0 Å². The third-order valence-corrected chi connectivity index (χ3v) is 8.39. The fourth-order valence-electron chi connectivity index (χ4n) is 6.57. The normalized spacial score (nSPS) is 20.4. The van der Waals surface area contributed by atoms with Crippen LogP contribution in [0.4, 0.5) is 0 Å². The number of benzene rings is 5. The van der Waals surface area contributed by atoms with Crippen molar-refractivity contribution in [3.63, 3.8) is 0 Å². The van der Waals surface area contributed by atoms with E-state index in [-0.39, 0.29) is 23.4 Å². The standard InChI is InChI=1S/C39H32O2/c1-27-33(38(40)31-23-13-5-14-24-31)35(28-17-7-2-8-18-28)37(30-21-11-4-12-22-30)36(29-19-9-3-10-20-29)34(27)39(41)32-25-15-6-16-26-32/h2-27,33-35H,1H3/t27-,33+,34+,35+/m0/s1. The Kier molecular flexibility index (Phi) is 7.56. The van der Waals surface area contributed by atoms with E-state index < -0.39 is 11.8 Å². The molecule has 0 amide bonds. The maximum Gasteiger partial charge on any atom is 0.170 e. The summed E-state index contributed by atoms with van der Waals surface area (Å²) >= 11 is 0. The van der Waals surface area contributed by atoms with Crippen LogP contribution in [0.15, 0.2) is 152 Å². The van der Waals surface area contributed by atoms with Crippen LogP contribution in [0.25, 0.3) is 11.1 Å². The van der Waals surface area contributed by atoms with Crippen molar-refractivity contribution < 1.29 is 9.59 Å². The molecule has 0 fully saturated rings. The van der Waals surface area contributed by atoms with Gasteiger partial charge in [-0.3, -0.25) is 9.59 Å². The van der Waals surface area contributed by atoms with Crippen LogP contribution in [0.3, 0.4) is 0 Å². The topological polar surface area (TPSA) is 34.1 Å². The van der Waals surface area contributed by atoms with Gasteiger partial charge >= 0.3 is 0 Å². The maximum atomic E-state index is 14.6. The molecule has 0 aromatic heterocycles. The van der Waals surface area contributed by atoms with Crippen molar-refractivity contribution in [1.82, 2.24) is 0 Å². The van der Waals surface area contributed by atoms with E-state index in [1.54, 1.807) is 0 Å². The van der Waals surface area contributed by atoms with Gasteiger partial charge in [-0.2, -0.15) is 0 Å². The SMILES string of the molecule is C[C@@H]1[C@@H](C(=O)c2ccccc2)C(c2ccccc2)=C(c2ccccc2)[C@H](c2ccccc2)[C@@H]1C(=O)c1ccccc1. The van der Waals surface area contributed by atoms with E-state index in [9.17, 15) is 9.59 Å². The van der Waals surface area contributed by atoms with Gasteiger partial charge in [0.25, 0.3) is 0 Å². The van der Waals surface area contributed by atoms with Crippen molar-refractivity contribution in [2.24, 2.45) is 17.8 Å². The van der Waals surface area contributed by atoms with Crippen LogP contribution in [0.1, 0.15) is 50.2 Å². The Morgan fingerprint density at radius 1 is 0.463 bits per heavy atom. The zero-order valence-corrected chi connectivity index (χ0v) is 23.1. The highest BCUT2D eigenvalue weighted by atomic mass is 16.1. The molecular formula is C39H32O2. The number of rotatable bonds is 7. The summed E-state index contributed by atoms with van der Waals surface area (Å²) in [6, 6.07) is 49.9. The van der Waals surface area contributed by atoms with Crippen LogP contribution >= 0.6 is 0 Å². The molecule has 200 valence electrons. The summed E-state index contributed by atoms with van der Waals surface area (Å²) in [6.45, 7) is 2.09. The minimum atomic E-state index is -0.507. The second-order valence-corrected chi connectivity index (χ2v) is 10.8. The predicted octanol–water partition coefficient (Wildman–Crippen LogP) is 9.03. The minimum Gasteiger partial charge on any atom is -0.294 e. The second-order valence-electron chi connectivity index (χ2n) is 10.8. The van der Waals surface area contributed by atoms with Crippen LogP contribution in [0.5, 0.6) is 0 Å². The lowest BCUT2D eigenvalue weighted by Crippen LogP contribution is -2.41. The van der Waals surface area contributed by atoms with Gasteiger partial charge < -0.3 is 0 Å².